The molecule has 5 nitrogen and oxygen atoms in total. The summed E-state index contributed by atoms with van der Waals surface area (Å²) in [6, 6.07) is -0.0376. The Morgan fingerprint density at radius 3 is 2.65 bits per heavy atom. The average molecular weight is 264 g/mol. The summed E-state index contributed by atoms with van der Waals surface area (Å²) in [5.74, 6) is 0. The molecule has 1 aliphatic rings. The van der Waals surface area contributed by atoms with Gasteiger partial charge < -0.3 is 10.5 Å². The first-order valence-electron chi connectivity index (χ1n) is 6.16. The largest absolute Gasteiger partial charge is 0.375 e. The van der Waals surface area contributed by atoms with Crippen LogP contribution in [0.5, 0.6) is 0 Å². The van der Waals surface area contributed by atoms with Crippen molar-refractivity contribution in [3.63, 3.8) is 0 Å². The summed E-state index contributed by atoms with van der Waals surface area (Å²) in [5, 5.41) is -0.492. The highest BCUT2D eigenvalue weighted by atomic mass is 32.2. The van der Waals surface area contributed by atoms with Gasteiger partial charge in [-0.3, -0.25) is 0 Å². The van der Waals surface area contributed by atoms with Crippen LogP contribution in [0.2, 0.25) is 0 Å². The molecule has 1 saturated heterocycles. The molecule has 3 N–H and O–H groups in total. The fourth-order valence-electron chi connectivity index (χ4n) is 2.17. The predicted molar refractivity (Wildman–Crippen MR) is 68.2 cm³/mol. The Morgan fingerprint density at radius 1 is 1.53 bits per heavy atom. The first kappa shape index (κ1) is 14.9. The Kier molecular flexibility index (Phi) is 4.95. The zero-order valence-electron chi connectivity index (χ0n) is 10.9. The van der Waals surface area contributed by atoms with Gasteiger partial charge in [-0.05, 0) is 33.1 Å². The van der Waals surface area contributed by atoms with E-state index in [4.69, 9.17) is 10.5 Å². The second-order valence-electron chi connectivity index (χ2n) is 5.23. The lowest BCUT2D eigenvalue weighted by Gasteiger charge is -2.36. The van der Waals surface area contributed by atoms with E-state index in [-0.39, 0.29) is 18.2 Å². The van der Waals surface area contributed by atoms with E-state index in [2.05, 4.69) is 4.72 Å². The van der Waals surface area contributed by atoms with Crippen molar-refractivity contribution < 1.29 is 13.2 Å². The van der Waals surface area contributed by atoms with Crippen molar-refractivity contribution in [3.8, 4) is 0 Å². The number of ether oxygens (including phenoxy) is 1. The molecule has 102 valence electrons. The van der Waals surface area contributed by atoms with Gasteiger partial charge in [-0.2, -0.15) is 0 Å². The molecule has 0 amide bonds. The number of nitrogens with two attached hydrogens (primary N) is 1. The van der Waals surface area contributed by atoms with E-state index in [0.717, 1.165) is 6.42 Å². The normalized spacial score (nSPS) is 26.7. The second-order valence-corrected chi connectivity index (χ2v) is 7.22. The summed E-state index contributed by atoms with van der Waals surface area (Å²) >= 11 is 0. The standard InChI is InChI=1S/C11H24N2O3S/c1-4-10(8-12)17(14,15)13-9-5-6-16-11(2,3)7-9/h9-10,13H,4-8,12H2,1-3H3. The molecule has 2 atom stereocenters. The zero-order chi connectivity index (χ0) is 13.1. The molecule has 1 aliphatic heterocycles. The van der Waals surface area contributed by atoms with Gasteiger partial charge in [0.15, 0.2) is 0 Å². The molecule has 1 fully saturated rings. The Labute approximate surface area is 104 Å². The van der Waals surface area contributed by atoms with E-state index in [1.165, 1.54) is 0 Å². The maximum absolute atomic E-state index is 12.0. The third-order valence-electron chi connectivity index (χ3n) is 3.19. The van der Waals surface area contributed by atoms with Crippen molar-refractivity contribution in [2.24, 2.45) is 5.73 Å². The number of hydrogen-bond donors (Lipinski definition) is 2. The first-order chi connectivity index (χ1) is 7.80. The smallest absolute Gasteiger partial charge is 0.215 e. The van der Waals surface area contributed by atoms with Gasteiger partial charge in [0.2, 0.25) is 10.0 Å². The minimum atomic E-state index is -3.30. The molecular formula is C11H24N2O3S. The third kappa shape index (κ3) is 4.21. The molecule has 0 aromatic carbocycles. The molecule has 0 spiro atoms. The summed E-state index contributed by atoms with van der Waals surface area (Å²) in [6.07, 6.45) is 1.97. The van der Waals surface area contributed by atoms with Crippen molar-refractivity contribution in [2.75, 3.05) is 13.2 Å². The molecule has 0 aliphatic carbocycles. The van der Waals surface area contributed by atoms with Gasteiger partial charge in [0.25, 0.3) is 0 Å². The van der Waals surface area contributed by atoms with Crippen LogP contribution in [0.3, 0.4) is 0 Å². The van der Waals surface area contributed by atoms with E-state index < -0.39 is 15.3 Å². The third-order valence-corrected chi connectivity index (χ3v) is 5.25. The Bertz CT molecular complexity index is 337. The molecule has 17 heavy (non-hydrogen) atoms. The average Bonchev–Trinajstić information content (AvgIpc) is 2.16. The first-order valence-corrected chi connectivity index (χ1v) is 7.70. The van der Waals surface area contributed by atoms with Crippen molar-refractivity contribution in [3.05, 3.63) is 0 Å². The van der Waals surface area contributed by atoms with Gasteiger partial charge in [-0.15, -0.1) is 0 Å². The van der Waals surface area contributed by atoms with Gasteiger partial charge in [0.1, 0.15) is 0 Å². The van der Waals surface area contributed by atoms with E-state index in [9.17, 15) is 8.42 Å². The van der Waals surface area contributed by atoms with Gasteiger partial charge >= 0.3 is 0 Å². The highest BCUT2D eigenvalue weighted by Crippen LogP contribution is 2.24. The lowest BCUT2D eigenvalue weighted by molar-refractivity contribution is -0.0599. The molecule has 0 radical (unpaired) electrons. The van der Waals surface area contributed by atoms with E-state index >= 15 is 0 Å². The van der Waals surface area contributed by atoms with E-state index in [0.29, 0.717) is 19.4 Å². The summed E-state index contributed by atoms with van der Waals surface area (Å²) in [7, 11) is -3.30. The fourth-order valence-corrected chi connectivity index (χ4v) is 3.72. The molecule has 0 saturated carbocycles. The molecule has 0 aromatic rings. The van der Waals surface area contributed by atoms with Crippen LogP contribution < -0.4 is 10.5 Å². The minimum Gasteiger partial charge on any atom is -0.375 e. The lowest BCUT2D eigenvalue weighted by atomic mass is 9.95. The number of hydrogen-bond acceptors (Lipinski definition) is 4. The maximum atomic E-state index is 12.0. The molecule has 1 rings (SSSR count). The Hall–Kier alpha value is -0.170. The summed E-state index contributed by atoms with van der Waals surface area (Å²) < 4.78 is 32.4. The van der Waals surface area contributed by atoms with E-state index in [1.807, 2.05) is 20.8 Å². The molecular weight excluding hydrogens is 240 g/mol. The number of sulfonamides is 1. The van der Waals surface area contributed by atoms with Crippen LogP contribution in [0.1, 0.15) is 40.0 Å². The highest BCUT2D eigenvalue weighted by Gasteiger charge is 2.33. The lowest BCUT2D eigenvalue weighted by Crippen LogP contribution is -2.49. The van der Waals surface area contributed by atoms with Gasteiger partial charge in [-0.1, -0.05) is 6.92 Å². The van der Waals surface area contributed by atoms with Crippen LogP contribution in [0.25, 0.3) is 0 Å². The zero-order valence-corrected chi connectivity index (χ0v) is 11.7. The Balaban J connectivity index is 2.64. The van der Waals surface area contributed by atoms with Crippen molar-refractivity contribution in [2.45, 2.75) is 56.9 Å². The SMILES string of the molecule is CCC(CN)S(=O)(=O)NC1CCOC(C)(C)C1. The van der Waals surface area contributed by atoms with Crippen molar-refractivity contribution >= 4 is 10.0 Å². The Morgan fingerprint density at radius 2 is 2.18 bits per heavy atom. The topological polar surface area (TPSA) is 81.4 Å². The quantitative estimate of drug-likeness (QED) is 0.762. The van der Waals surface area contributed by atoms with Gasteiger partial charge in [0, 0.05) is 19.2 Å². The van der Waals surface area contributed by atoms with Crippen LogP contribution in [-0.2, 0) is 14.8 Å². The van der Waals surface area contributed by atoms with Crippen LogP contribution >= 0.6 is 0 Å². The van der Waals surface area contributed by atoms with Gasteiger partial charge in [0.05, 0.1) is 10.9 Å². The van der Waals surface area contributed by atoms with Gasteiger partial charge in [-0.25, -0.2) is 13.1 Å². The summed E-state index contributed by atoms with van der Waals surface area (Å²) in [5.41, 5.74) is 5.23. The maximum Gasteiger partial charge on any atom is 0.215 e. The minimum absolute atomic E-state index is 0.0376. The predicted octanol–water partition coefficient (Wildman–Crippen LogP) is 0.601. The molecule has 1 heterocycles. The van der Waals surface area contributed by atoms with E-state index in [1.54, 1.807) is 0 Å². The monoisotopic (exact) mass is 264 g/mol. The molecule has 6 heteroatoms. The van der Waals surface area contributed by atoms with Crippen LogP contribution in [-0.4, -0.2) is 38.5 Å². The molecule has 2 unspecified atom stereocenters. The van der Waals surface area contributed by atoms with Crippen molar-refractivity contribution in [1.82, 2.24) is 4.72 Å². The number of nitrogens with one attached hydrogen (secondary N) is 1. The van der Waals surface area contributed by atoms with Crippen LogP contribution in [0, 0.1) is 0 Å². The number of rotatable bonds is 5. The summed E-state index contributed by atoms with van der Waals surface area (Å²) in [4.78, 5) is 0. The highest BCUT2D eigenvalue weighted by molar-refractivity contribution is 7.90. The van der Waals surface area contributed by atoms with Crippen LogP contribution in [0.15, 0.2) is 0 Å². The summed E-state index contributed by atoms with van der Waals surface area (Å²) in [6.45, 7) is 6.56. The van der Waals surface area contributed by atoms with Crippen LogP contribution in [0.4, 0.5) is 0 Å². The second kappa shape index (κ2) is 5.65. The molecule has 0 bridgehead atoms. The van der Waals surface area contributed by atoms with Crippen molar-refractivity contribution in [1.29, 1.82) is 0 Å². The fraction of sp³-hybridized carbons (Fsp3) is 1.00. The molecule has 0 aromatic heterocycles.